The van der Waals surface area contributed by atoms with E-state index in [1.165, 1.54) is 0 Å². The minimum Gasteiger partial charge on any atom is -0.445 e. The highest BCUT2D eigenvalue weighted by atomic mass is 16.5. The summed E-state index contributed by atoms with van der Waals surface area (Å²) in [5.74, 6) is -2.04. The van der Waals surface area contributed by atoms with Crippen LogP contribution in [0.15, 0.2) is 60.7 Å². The Hall–Kier alpha value is -3.23. The second-order valence-electron chi connectivity index (χ2n) is 9.60. The summed E-state index contributed by atoms with van der Waals surface area (Å²) in [7, 11) is 0. The first-order valence-corrected chi connectivity index (χ1v) is 12.4. The van der Waals surface area contributed by atoms with Crippen molar-refractivity contribution in [3.63, 3.8) is 0 Å². The molecule has 2 rings (SSSR count). The molecule has 0 radical (unpaired) electrons. The number of hydrogen-bond donors (Lipinski definition) is 4. The molecule has 0 aliphatic rings. The predicted octanol–water partition coefficient (Wildman–Crippen LogP) is 2.97. The zero-order valence-electron chi connectivity index (χ0n) is 21.6. The number of carbonyl (C=O) groups is 3. The van der Waals surface area contributed by atoms with Crippen LogP contribution in [0.3, 0.4) is 0 Å². The summed E-state index contributed by atoms with van der Waals surface area (Å²) in [5, 5.41) is 16.9. The maximum Gasteiger partial charge on any atom is 0.408 e. The van der Waals surface area contributed by atoms with Crippen LogP contribution >= 0.6 is 0 Å². The van der Waals surface area contributed by atoms with Crippen molar-refractivity contribution in [3.05, 3.63) is 71.8 Å². The average Bonchev–Trinajstić information content (AvgIpc) is 2.88. The van der Waals surface area contributed by atoms with Gasteiger partial charge in [-0.05, 0) is 29.4 Å². The molecule has 2 aromatic rings. The molecule has 0 aliphatic heterocycles. The smallest absolute Gasteiger partial charge is 0.408 e. The van der Waals surface area contributed by atoms with Crippen LogP contribution in [0.4, 0.5) is 4.79 Å². The van der Waals surface area contributed by atoms with E-state index in [2.05, 4.69) is 10.6 Å². The molecule has 0 saturated heterocycles. The molecule has 0 fully saturated rings. The molecule has 196 valence electrons. The molecule has 8 nitrogen and oxygen atoms in total. The van der Waals surface area contributed by atoms with Gasteiger partial charge in [0, 0.05) is 6.54 Å². The van der Waals surface area contributed by atoms with Gasteiger partial charge in [-0.15, -0.1) is 0 Å². The van der Waals surface area contributed by atoms with Crippen molar-refractivity contribution in [1.82, 2.24) is 10.6 Å². The fourth-order valence-corrected chi connectivity index (χ4v) is 3.74. The lowest BCUT2D eigenvalue weighted by molar-refractivity contribution is -0.156. The summed E-state index contributed by atoms with van der Waals surface area (Å²) in [6, 6.07) is 15.8. The second-order valence-corrected chi connectivity index (χ2v) is 9.60. The molecule has 0 heterocycles. The van der Waals surface area contributed by atoms with Crippen molar-refractivity contribution in [1.29, 1.82) is 0 Å². The van der Waals surface area contributed by atoms with Crippen LogP contribution in [0.25, 0.3) is 0 Å². The van der Waals surface area contributed by atoms with Crippen LogP contribution in [-0.2, 0) is 27.4 Å². The van der Waals surface area contributed by atoms with Crippen molar-refractivity contribution in [2.24, 2.45) is 17.6 Å². The molecule has 0 aliphatic carbocycles. The van der Waals surface area contributed by atoms with Gasteiger partial charge in [0.2, 0.25) is 5.60 Å². The maximum absolute atomic E-state index is 13.8. The molecule has 0 bridgehead atoms. The highest BCUT2D eigenvalue weighted by Crippen LogP contribution is 2.22. The van der Waals surface area contributed by atoms with Gasteiger partial charge in [-0.25, -0.2) is 4.79 Å². The Morgan fingerprint density at radius 2 is 1.53 bits per heavy atom. The van der Waals surface area contributed by atoms with Crippen LogP contribution in [0, 0.1) is 11.8 Å². The first kappa shape index (κ1) is 29.0. The molecule has 0 saturated carbocycles. The summed E-state index contributed by atoms with van der Waals surface area (Å²) < 4.78 is 5.30. The number of benzene rings is 2. The minimum atomic E-state index is -2.56. The molecule has 8 heteroatoms. The van der Waals surface area contributed by atoms with E-state index in [9.17, 15) is 19.5 Å². The van der Waals surface area contributed by atoms with Crippen LogP contribution in [0.1, 0.15) is 45.2 Å². The predicted molar refractivity (Wildman–Crippen MR) is 139 cm³/mol. The Morgan fingerprint density at radius 3 is 2.06 bits per heavy atom. The van der Waals surface area contributed by atoms with Crippen molar-refractivity contribution in [2.75, 3.05) is 6.54 Å². The number of nitrogens with two attached hydrogens (primary N) is 1. The normalized spacial score (nSPS) is 15.3. The van der Waals surface area contributed by atoms with Crippen molar-refractivity contribution >= 4 is 17.8 Å². The number of ether oxygens (including phenoxy) is 1. The Morgan fingerprint density at radius 1 is 0.972 bits per heavy atom. The monoisotopic (exact) mass is 497 g/mol. The van der Waals surface area contributed by atoms with Crippen molar-refractivity contribution < 1.29 is 24.2 Å². The molecule has 0 aromatic heterocycles. The largest absolute Gasteiger partial charge is 0.445 e. The third-order valence-electron chi connectivity index (χ3n) is 6.21. The number of carbonyl (C=O) groups excluding carboxylic acids is 3. The number of nitrogens with one attached hydrogen (secondary N) is 2. The Balaban J connectivity index is 2.30. The van der Waals surface area contributed by atoms with E-state index in [1.807, 2.05) is 81.4 Å². The third-order valence-corrected chi connectivity index (χ3v) is 6.21. The molecule has 5 N–H and O–H groups in total. The SMILES string of the molecule is CC[C@H](C)[C@H](NC(=O)OCc1ccccc1)C(=O)[C@@](O)(C(=O)NCC(C)C)[C@@H](N)Cc1ccccc1. The molecular weight excluding hydrogens is 458 g/mol. The zero-order valence-corrected chi connectivity index (χ0v) is 21.6. The first-order valence-electron chi connectivity index (χ1n) is 12.4. The standard InChI is InChI=1S/C28H39N3O5/c1-5-20(4)24(31-27(34)36-18-22-14-10-7-11-15-22)25(32)28(35,26(33)30-17-19(2)3)23(29)16-21-12-8-6-9-13-21/h6-15,19-20,23-24,35H,5,16-18,29H2,1-4H3,(H,30,33)(H,31,34)/t20-,23-,24-,28+/m0/s1. The molecule has 0 unspecified atom stereocenters. The lowest BCUT2D eigenvalue weighted by Crippen LogP contribution is -2.68. The molecule has 36 heavy (non-hydrogen) atoms. The maximum atomic E-state index is 13.8. The fourth-order valence-electron chi connectivity index (χ4n) is 3.74. The van der Waals surface area contributed by atoms with E-state index in [4.69, 9.17) is 10.5 Å². The molecule has 4 atom stereocenters. The van der Waals surface area contributed by atoms with Crippen molar-refractivity contribution in [2.45, 2.75) is 64.8 Å². The summed E-state index contributed by atoms with van der Waals surface area (Å²) >= 11 is 0. The molecule has 0 spiro atoms. The van der Waals surface area contributed by atoms with Gasteiger partial charge in [0.05, 0.1) is 12.1 Å². The number of alkyl carbamates (subject to hydrolysis) is 1. The fraction of sp³-hybridized carbons (Fsp3) is 0.464. The van der Waals surface area contributed by atoms with E-state index in [-0.39, 0.29) is 25.5 Å². The summed E-state index contributed by atoms with van der Waals surface area (Å²) in [4.78, 5) is 39.7. The highest BCUT2D eigenvalue weighted by Gasteiger charge is 2.52. The van der Waals surface area contributed by atoms with E-state index < -0.39 is 41.4 Å². The van der Waals surface area contributed by atoms with Gasteiger partial charge < -0.3 is 26.2 Å². The van der Waals surface area contributed by atoms with Gasteiger partial charge in [-0.3, -0.25) is 9.59 Å². The van der Waals surface area contributed by atoms with E-state index in [0.29, 0.717) is 6.42 Å². The Kier molecular flexibility index (Phi) is 11.1. The van der Waals surface area contributed by atoms with Gasteiger partial charge in [0.15, 0.2) is 5.78 Å². The van der Waals surface area contributed by atoms with Gasteiger partial charge in [0.25, 0.3) is 5.91 Å². The number of rotatable bonds is 13. The lowest BCUT2D eigenvalue weighted by atomic mass is 9.78. The zero-order chi connectivity index (χ0) is 26.7. The number of amides is 2. The van der Waals surface area contributed by atoms with Gasteiger partial charge >= 0.3 is 6.09 Å². The van der Waals surface area contributed by atoms with Crippen LogP contribution in [-0.4, -0.2) is 47.1 Å². The van der Waals surface area contributed by atoms with Crippen LogP contribution in [0.5, 0.6) is 0 Å². The van der Waals surface area contributed by atoms with Gasteiger partial charge in [0.1, 0.15) is 6.61 Å². The van der Waals surface area contributed by atoms with E-state index in [0.717, 1.165) is 11.1 Å². The summed E-state index contributed by atoms with van der Waals surface area (Å²) in [5.41, 5.74) is 5.35. The van der Waals surface area contributed by atoms with Crippen LogP contribution in [0.2, 0.25) is 0 Å². The van der Waals surface area contributed by atoms with E-state index >= 15 is 0 Å². The molecular formula is C28H39N3O5. The Labute approximate surface area is 213 Å². The van der Waals surface area contributed by atoms with E-state index in [1.54, 1.807) is 6.92 Å². The van der Waals surface area contributed by atoms with Gasteiger partial charge in [-0.1, -0.05) is 94.8 Å². The summed E-state index contributed by atoms with van der Waals surface area (Å²) in [6.45, 7) is 7.68. The van der Waals surface area contributed by atoms with Crippen LogP contribution < -0.4 is 16.4 Å². The van der Waals surface area contributed by atoms with Gasteiger partial charge in [-0.2, -0.15) is 0 Å². The third kappa shape index (κ3) is 7.90. The number of ketones is 1. The van der Waals surface area contributed by atoms with Crippen molar-refractivity contribution in [3.8, 4) is 0 Å². The topological polar surface area (TPSA) is 131 Å². The minimum absolute atomic E-state index is 0.0146. The second kappa shape index (κ2) is 13.8. The Bertz CT molecular complexity index is 983. The quantitative estimate of drug-likeness (QED) is 0.315. The molecule has 2 amide bonds. The average molecular weight is 498 g/mol. The first-order chi connectivity index (χ1) is 17.1. The molecule has 2 aromatic carbocycles. The number of Topliss-reactive ketones (excluding diaryl/α,β-unsaturated/α-hetero) is 1. The number of aliphatic hydroxyl groups is 1. The number of hydrogen-bond acceptors (Lipinski definition) is 6. The highest BCUT2D eigenvalue weighted by molar-refractivity contribution is 6.12. The summed E-state index contributed by atoms with van der Waals surface area (Å²) in [6.07, 6.45) is -0.226. The lowest BCUT2D eigenvalue weighted by Gasteiger charge is -2.36.